The van der Waals surface area contributed by atoms with Crippen molar-refractivity contribution in [2.24, 2.45) is 11.7 Å². The lowest BCUT2D eigenvalue weighted by molar-refractivity contribution is 0.0119. The predicted octanol–water partition coefficient (Wildman–Crippen LogP) is 0.501. The van der Waals surface area contributed by atoms with Gasteiger partial charge in [0.25, 0.3) is 0 Å². The van der Waals surface area contributed by atoms with Crippen molar-refractivity contribution in [3.05, 3.63) is 0 Å². The first-order valence-corrected chi connectivity index (χ1v) is 7.46. The zero-order valence-electron chi connectivity index (χ0n) is 11.9. The molecule has 2 heterocycles. The molecule has 0 aliphatic carbocycles. The normalized spacial score (nSPS) is 34.7. The van der Waals surface area contributed by atoms with E-state index in [9.17, 15) is 5.11 Å². The Morgan fingerprint density at radius 2 is 1.89 bits per heavy atom. The number of nitrogens with two attached hydrogens (primary N) is 1. The van der Waals surface area contributed by atoms with Crippen LogP contribution in [0.15, 0.2) is 0 Å². The fourth-order valence-electron chi connectivity index (χ4n) is 3.19. The second kappa shape index (κ2) is 6.33. The first kappa shape index (κ1) is 14.3. The summed E-state index contributed by atoms with van der Waals surface area (Å²) in [7, 11) is 0. The molecular formula is C14H29N3O. The van der Waals surface area contributed by atoms with Gasteiger partial charge in [0.05, 0.1) is 6.10 Å². The van der Waals surface area contributed by atoms with Gasteiger partial charge in [0, 0.05) is 31.7 Å². The minimum atomic E-state index is -0.0959. The fourth-order valence-corrected chi connectivity index (χ4v) is 3.19. The smallest absolute Gasteiger partial charge is 0.0590 e. The first-order chi connectivity index (χ1) is 8.56. The van der Waals surface area contributed by atoms with Crippen molar-refractivity contribution in [2.75, 3.05) is 32.7 Å². The summed E-state index contributed by atoms with van der Waals surface area (Å²) in [5.41, 5.74) is 5.94. The van der Waals surface area contributed by atoms with Crippen molar-refractivity contribution >= 4 is 0 Å². The maximum atomic E-state index is 9.78. The highest BCUT2D eigenvalue weighted by molar-refractivity contribution is 4.83. The highest BCUT2D eigenvalue weighted by Gasteiger charge is 2.28. The van der Waals surface area contributed by atoms with E-state index in [0.29, 0.717) is 18.0 Å². The Bertz CT molecular complexity index is 253. The standard InChI is InChI=1S/C14H29N3O/c1-11-9-17(8-5-14(11)18)12(2)10-16-6-3-13(15)4-7-16/h11-14,18H,3-10,15H2,1-2H3/t11-,12+,14-/m1/s1. The van der Waals surface area contributed by atoms with Gasteiger partial charge in [-0.25, -0.2) is 0 Å². The van der Waals surface area contributed by atoms with Crippen LogP contribution < -0.4 is 5.73 Å². The molecule has 0 amide bonds. The third-order valence-corrected chi connectivity index (χ3v) is 4.67. The van der Waals surface area contributed by atoms with Crippen LogP contribution in [0, 0.1) is 5.92 Å². The van der Waals surface area contributed by atoms with Crippen LogP contribution >= 0.6 is 0 Å². The van der Waals surface area contributed by atoms with Gasteiger partial charge < -0.3 is 15.7 Å². The molecule has 2 rings (SSSR count). The van der Waals surface area contributed by atoms with Crippen LogP contribution in [0.25, 0.3) is 0 Å². The Labute approximate surface area is 111 Å². The van der Waals surface area contributed by atoms with E-state index in [0.717, 1.165) is 52.0 Å². The predicted molar refractivity (Wildman–Crippen MR) is 74.5 cm³/mol. The summed E-state index contributed by atoms with van der Waals surface area (Å²) in [6.07, 6.45) is 3.11. The number of nitrogens with zero attached hydrogens (tertiary/aromatic N) is 2. The summed E-state index contributed by atoms with van der Waals surface area (Å²) in [5, 5.41) is 9.78. The van der Waals surface area contributed by atoms with Gasteiger partial charge >= 0.3 is 0 Å². The molecule has 0 aromatic rings. The summed E-state index contributed by atoms with van der Waals surface area (Å²) in [4.78, 5) is 5.08. The average Bonchev–Trinajstić information content (AvgIpc) is 2.35. The van der Waals surface area contributed by atoms with Gasteiger partial charge in [-0.3, -0.25) is 4.90 Å². The van der Waals surface area contributed by atoms with E-state index in [4.69, 9.17) is 5.73 Å². The van der Waals surface area contributed by atoms with Crippen LogP contribution in [0.2, 0.25) is 0 Å². The van der Waals surface area contributed by atoms with Crippen LogP contribution in [-0.2, 0) is 0 Å². The molecule has 3 N–H and O–H groups in total. The van der Waals surface area contributed by atoms with E-state index in [-0.39, 0.29) is 6.10 Å². The largest absolute Gasteiger partial charge is 0.393 e. The highest BCUT2D eigenvalue weighted by Crippen LogP contribution is 2.19. The lowest BCUT2D eigenvalue weighted by atomic mass is 9.95. The van der Waals surface area contributed by atoms with Crippen molar-refractivity contribution < 1.29 is 5.11 Å². The molecule has 0 radical (unpaired) electrons. The van der Waals surface area contributed by atoms with E-state index in [2.05, 4.69) is 23.6 Å². The second-order valence-electron chi connectivity index (χ2n) is 6.32. The van der Waals surface area contributed by atoms with Crippen molar-refractivity contribution in [1.29, 1.82) is 0 Å². The SMILES string of the molecule is C[C@@H]1CN([C@@H](C)CN2CCC(N)CC2)CC[C@H]1O. The number of aliphatic hydroxyl groups is 1. The van der Waals surface area contributed by atoms with E-state index in [1.54, 1.807) is 0 Å². The lowest BCUT2D eigenvalue weighted by Crippen LogP contribution is -2.51. The zero-order chi connectivity index (χ0) is 13.1. The van der Waals surface area contributed by atoms with E-state index >= 15 is 0 Å². The van der Waals surface area contributed by atoms with Gasteiger partial charge in [-0.1, -0.05) is 6.92 Å². The maximum Gasteiger partial charge on any atom is 0.0590 e. The molecule has 4 nitrogen and oxygen atoms in total. The number of aliphatic hydroxyl groups excluding tert-OH is 1. The van der Waals surface area contributed by atoms with Crippen LogP contribution in [0.4, 0.5) is 0 Å². The molecule has 18 heavy (non-hydrogen) atoms. The van der Waals surface area contributed by atoms with Crippen molar-refractivity contribution in [3.63, 3.8) is 0 Å². The minimum absolute atomic E-state index is 0.0959. The summed E-state index contributed by atoms with van der Waals surface area (Å²) in [6.45, 7) is 10.0. The summed E-state index contributed by atoms with van der Waals surface area (Å²) >= 11 is 0. The molecule has 0 saturated carbocycles. The quantitative estimate of drug-likeness (QED) is 0.771. The third-order valence-electron chi connectivity index (χ3n) is 4.67. The minimum Gasteiger partial charge on any atom is -0.393 e. The number of piperidine rings is 2. The number of likely N-dealkylation sites (tertiary alicyclic amines) is 2. The topological polar surface area (TPSA) is 52.7 Å². The van der Waals surface area contributed by atoms with Gasteiger partial charge in [0.1, 0.15) is 0 Å². The molecule has 106 valence electrons. The fraction of sp³-hybridized carbons (Fsp3) is 1.00. The van der Waals surface area contributed by atoms with Gasteiger partial charge in [0.15, 0.2) is 0 Å². The van der Waals surface area contributed by atoms with E-state index in [1.807, 2.05) is 0 Å². The van der Waals surface area contributed by atoms with E-state index < -0.39 is 0 Å². The Balaban J connectivity index is 1.76. The molecule has 2 aliphatic heterocycles. The first-order valence-electron chi connectivity index (χ1n) is 7.46. The molecule has 2 fully saturated rings. The van der Waals surface area contributed by atoms with Gasteiger partial charge in [-0.2, -0.15) is 0 Å². The molecule has 2 aliphatic rings. The van der Waals surface area contributed by atoms with Crippen LogP contribution in [0.1, 0.15) is 33.1 Å². The molecule has 0 unspecified atom stereocenters. The van der Waals surface area contributed by atoms with Gasteiger partial charge in [0.2, 0.25) is 0 Å². The maximum absolute atomic E-state index is 9.78. The second-order valence-corrected chi connectivity index (χ2v) is 6.32. The third kappa shape index (κ3) is 3.67. The Morgan fingerprint density at radius 3 is 2.50 bits per heavy atom. The summed E-state index contributed by atoms with van der Waals surface area (Å²) in [5.74, 6) is 0.413. The van der Waals surface area contributed by atoms with Gasteiger partial charge in [-0.05, 0) is 45.2 Å². The van der Waals surface area contributed by atoms with Gasteiger partial charge in [-0.15, -0.1) is 0 Å². The number of rotatable bonds is 3. The van der Waals surface area contributed by atoms with Crippen molar-refractivity contribution in [2.45, 2.75) is 51.3 Å². The van der Waals surface area contributed by atoms with Crippen molar-refractivity contribution in [1.82, 2.24) is 9.80 Å². The highest BCUT2D eigenvalue weighted by atomic mass is 16.3. The molecule has 3 atom stereocenters. The molecule has 0 aromatic heterocycles. The van der Waals surface area contributed by atoms with Crippen LogP contribution in [0.3, 0.4) is 0 Å². The van der Waals surface area contributed by atoms with Crippen LogP contribution in [-0.4, -0.2) is 65.8 Å². The molecule has 0 spiro atoms. The number of hydrogen-bond donors (Lipinski definition) is 2. The van der Waals surface area contributed by atoms with Crippen molar-refractivity contribution in [3.8, 4) is 0 Å². The van der Waals surface area contributed by atoms with Crippen LogP contribution in [0.5, 0.6) is 0 Å². The summed E-state index contributed by atoms with van der Waals surface area (Å²) in [6, 6.07) is 1.01. The Kier molecular flexibility index (Phi) is 5.01. The monoisotopic (exact) mass is 255 g/mol. The lowest BCUT2D eigenvalue weighted by Gasteiger charge is -2.41. The zero-order valence-corrected chi connectivity index (χ0v) is 11.9. The molecule has 2 saturated heterocycles. The number of hydrogen-bond acceptors (Lipinski definition) is 4. The van der Waals surface area contributed by atoms with E-state index in [1.165, 1.54) is 0 Å². The molecule has 0 aromatic carbocycles. The Morgan fingerprint density at radius 1 is 1.22 bits per heavy atom. The molecule has 0 bridgehead atoms. The molecule has 4 heteroatoms. The average molecular weight is 255 g/mol. The Hall–Kier alpha value is -0.160. The summed E-state index contributed by atoms with van der Waals surface area (Å²) < 4.78 is 0. The molecular weight excluding hydrogens is 226 g/mol.